The zero-order valence-corrected chi connectivity index (χ0v) is 18.4. The van der Waals surface area contributed by atoms with Gasteiger partial charge in [0.05, 0.1) is 0 Å². The summed E-state index contributed by atoms with van der Waals surface area (Å²) in [6.45, 7) is 2.52. The number of benzene rings is 1. The minimum Gasteiger partial charge on any atom is -0.351 e. The summed E-state index contributed by atoms with van der Waals surface area (Å²) in [5.41, 5.74) is 1.62. The molecule has 0 unspecified atom stereocenters. The van der Waals surface area contributed by atoms with Gasteiger partial charge in [-0.15, -0.1) is 11.3 Å². The van der Waals surface area contributed by atoms with Crippen molar-refractivity contribution in [1.29, 1.82) is 0 Å². The quantitative estimate of drug-likeness (QED) is 0.682. The van der Waals surface area contributed by atoms with Gasteiger partial charge in [-0.1, -0.05) is 12.1 Å². The smallest absolute Gasteiger partial charge is 0.253 e. The molecule has 1 atom stereocenters. The average molecular weight is 448 g/mol. The molecule has 1 aliphatic heterocycles. The van der Waals surface area contributed by atoms with Crippen LogP contribution in [-0.2, 0) is 26.2 Å². The number of nitrogens with one attached hydrogen (secondary N) is 2. The van der Waals surface area contributed by atoms with E-state index in [1.165, 1.54) is 15.6 Å². The van der Waals surface area contributed by atoms with Crippen LogP contribution in [0, 0.1) is 12.8 Å². The molecule has 1 aromatic heterocycles. The number of aryl methyl sites for hydroxylation is 1. The molecule has 1 saturated heterocycles. The minimum absolute atomic E-state index is 0.0551. The van der Waals surface area contributed by atoms with E-state index in [1.54, 1.807) is 12.1 Å². The van der Waals surface area contributed by atoms with Crippen molar-refractivity contribution in [1.82, 2.24) is 9.62 Å². The Hall–Kier alpha value is -2.23. The van der Waals surface area contributed by atoms with Crippen molar-refractivity contribution >= 4 is 38.9 Å². The van der Waals surface area contributed by atoms with Gasteiger partial charge in [-0.25, -0.2) is 8.42 Å². The molecule has 0 bridgehead atoms. The molecule has 2 fully saturated rings. The Kier molecular flexibility index (Phi) is 5.95. The first-order valence-electron chi connectivity index (χ1n) is 10.1. The normalized spacial score (nSPS) is 19.6. The summed E-state index contributed by atoms with van der Waals surface area (Å²) >= 11 is 1.23. The Labute approximate surface area is 180 Å². The third-order valence-corrected chi connectivity index (χ3v) is 8.80. The number of anilines is 1. The molecule has 4 rings (SSSR count). The number of thiophene rings is 1. The first kappa shape index (κ1) is 21.0. The SMILES string of the molecule is Cc1ccc(S(=O)(=O)N2CCC[C@@H]2C(=O)NCc2ccc(NC(=O)C3CC3)cc2)s1. The third-order valence-electron chi connectivity index (χ3n) is 5.42. The van der Waals surface area contributed by atoms with E-state index >= 15 is 0 Å². The zero-order valence-electron chi connectivity index (χ0n) is 16.8. The van der Waals surface area contributed by atoms with E-state index in [2.05, 4.69) is 10.6 Å². The maximum absolute atomic E-state index is 12.9. The highest BCUT2D eigenvalue weighted by atomic mass is 32.2. The van der Waals surface area contributed by atoms with E-state index < -0.39 is 16.1 Å². The van der Waals surface area contributed by atoms with Crippen LogP contribution >= 0.6 is 11.3 Å². The second-order valence-electron chi connectivity index (χ2n) is 7.82. The number of rotatable bonds is 7. The Morgan fingerprint density at radius 2 is 1.80 bits per heavy atom. The lowest BCUT2D eigenvalue weighted by Crippen LogP contribution is -2.45. The van der Waals surface area contributed by atoms with Crippen LogP contribution in [0.2, 0.25) is 0 Å². The standard InChI is InChI=1S/C21H25N3O4S2/c1-14-4-11-19(29-14)30(27,28)24-12-2-3-18(24)21(26)22-13-15-5-9-17(10-6-15)23-20(25)16-7-8-16/h4-6,9-11,16,18H,2-3,7-8,12-13H2,1H3,(H,22,26)(H,23,25)/t18-/m1/s1. The second kappa shape index (κ2) is 8.49. The van der Waals surface area contributed by atoms with E-state index in [-0.39, 0.29) is 21.9 Å². The highest BCUT2D eigenvalue weighted by Gasteiger charge is 2.39. The summed E-state index contributed by atoms with van der Waals surface area (Å²) < 4.78 is 27.5. The molecule has 30 heavy (non-hydrogen) atoms. The molecular formula is C21H25N3O4S2. The third kappa shape index (κ3) is 4.58. The van der Waals surface area contributed by atoms with Gasteiger partial charge in [0, 0.05) is 29.6 Å². The van der Waals surface area contributed by atoms with Crippen molar-refractivity contribution in [2.24, 2.45) is 5.92 Å². The topological polar surface area (TPSA) is 95.6 Å². The van der Waals surface area contributed by atoms with Crippen molar-refractivity contribution in [3.8, 4) is 0 Å². The monoisotopic (exact) mass is 447 g/mol. The molecule has 1 saturated carbocycles. The molecule has 2 N–H and O–H groups in total. The van der Waals surface area contributed by atoms with Gasteiger partial charge in [0.2, 0.25) is 11.8 Å². The maximum atomic E-state index is 12.9. The number of hydrogen-bond acceptors (Lipinski definition) is 5. The first-order chi connectivity index (χ1) is 14.3. The summed E-state index contributed by atoms with van der Waals surface area (Å²) in [5, 5.41) is 5.74. The average Bonchev–Trinajstić information content (AvgIpc) is 3.28. The van der Waals surface area contributed by atoms with Gasteiger partial charge in [-0.2, -0.15) is 4.31 Å². The maximum Gasteiger partial charge on any atom is 0.253 e. The molecule has 160 valence electrons. The van der Waals surface area contributed by atoms with Crippen molar-refractivity contribution in [2.75, 3.05) is 11.9 Å². The molecule has 1 aromatic carbocycles. The molecule has 2 aliphatic rings. The molecule has 1 aliphatic carbocycles. The molecule has 0 radical (unpaired) electrons. The fourth-order valence-electron chi connectivity index (χ4n) is 3.56. The number of sulfonamides is 1. The van der Waals surface area contributed by atoms with E-state index in [4.69, 9.17) is 0 Å². The van der Waals surface area contributed by atoms with Crippen LogP contribution in [0.4, 0.5) is 5.69 Å². The van der Waals surface area contributed by atoms with Gasteiger partial charge in [0.25, 0.3) is 10.0 Å². The Morgan fingerprint density at radius 3 is 2.43 bits per heavy atom. The molecule has 7 nitrogen and oxygen atoms in total. The fourth-order valence-corrected chi connectivity index (χ4v) is 6.63. The Morgan fingerprint density at radius 1 is 1.07 bits per heavy atom. The van der Waals surface area contributed by atoms with Crippen LogP contribution in [0.25, 0.3) is 0 Å². The van der Waals surface area contributed by atoms with Gasteiger partial charge in [0.15, 0.2) is 0 Å². The van der Waals surface area contributed by atoms with Crippen molar-refractivity contribution in [2.45, 2.75) is 49.4 Å². The lowest BCUT2D eigenvalue weighted by molar-refractivity contribution is -0.124. The Balaban J connectivity index is 1.35. The first-order valence-corrected chi connectivity index (χ1v) is 12.4. The van der Waals surface area contributed by atoms with Gasteiger partial charge in [0.1, 0.15) is 10.3 Å². The van der Waals surface area contributed by atoms with Crippen molar-refractivity contribution in [3.63, 3.8) is 0 Å². The van der Waals surface area contributed by atoms with E-state index in [1.807, 2.05) is 31.2 Å². The van der Waals surface area contributed by atoms with Crippen molar-refractivity contribution in [3.05, 3.63) is 46.8 Å². The molecule has 9 heteroatoms. The van der Waals surface area contributed by atoms with Crippen LogP contribution in [0.5, 0.6) is 0 Å². The van der Waals surface area contributed by atoms with E-state index in [0.29, 0.717) is 25.9 Å². The fraction of sp³-hybridized carbons (Fsp3) is 0.429. The summed E-state index contributed by atoms with van der Waals surface area (Å²) in [7, 11) is -3.66. The van der Waals surface area contributed by atoms with Crippen LogP contribution in [0.15, 0.2) is 40.6 Å². The zero-order chi connectivity index (χ0) is 21.3. The van der Waals surface area contributed by atoms with Crippen LogP contribution in [-0.4, -0.2) is 37.1 Å². The lowest BCUT2D eigenvalue weighted by atomic mass is 10.2. The molecule has 2 heterocycles. The highest BCUT2D eigenvalue weighted by Crippen LogP contribution is 2.31. The number of amides is 2. The summed E-state index contributed by atoms with van der Waals surface area (Å²) in [5.74, 6) is -0.0809. The molecule has 2 aromatic rings. The van der Waals surface area contributed by atoms with Crippen molar-refractivity contribution < 1.29 is 18.0 Å². The van der Waals surface area contributed by atoms with Gasteiger partial charge < -0.3 is 10.6 Å². The van der Waals surface area contributed by atoms with E-state index in [0.717, 1.165) is 29.0 Å². The molecule has 2 amide bonds. The molecular weight excluding hydrogens is 422 g/mol. The number of carbonyl (C=O) groups excluding carboxylic acids is 2. The number of nitrogens with zero attached hydrogens (tertiary/aromatic N) is 1. The number of hydrogen-bond donors (Lipinski definition) is 2. The van der Waals surface area contributed by atoms with E-state index in [9.17, 15) is 18.0 Å². The Bertz CT molecular complexity index is 1040. The summed E-state index contributed by atoms with van der Waals surface area (Å²) in [6, 6.07) is 10.0. The largest absolute Gasteiger partial charge is 0.351 e. The summed E-state index contributed by atoms with van der Waals surface area (Å²) in [4.78, 5) is 25.5. The predicted molar refractivity (Wildman–Crippen MR) is 116 cm³/mol. The van der Waals surface area contributed by atoms with Gasteiger partial charge in [-0.3, -0.25) is 9.59 Å². The van der Waals surface area contributed by atoms with Crippen LogP contribution < -0.4 is 10.6 Å². The summed E-state index contributed by atoms with van der Waals surface area (Å²) in [6.07, 6.45) is 3.09. The molecule has 0 spiro atoms. The lowest BCUT2D eigenvalue weighted by Gasteiger charge is -2.22. The minimum atomic E-state index is -3.66. The predicted octanol–water partition coefficient (Wildman–Crippen LogP) is 2.87. The van der Waals surface area contributed by atoms with Gasteiger partial charge >= 0.3 is 0 Å². The van der Waals surface area contributed by atoms with Gasteiger partial charge in [-0.05, 0) is 62.4 Å². The number of carbonyl (C=O) groups is 2. The second-order valence-corrected chi connectivity index (χ2v) is 11.2. The van der Waals surface area contributed by atoms with Crippen LogP contribution in [0.3, 0.4) is 0 Å². The van der Waals surface area contributed by atoms with Crippen LogP contribution in [0.1, 0.15) is 36.1 Å². The highest BCUT2D eigenvalue weighted by molar-refractivity contribution is 7.91.